The molecule has 2 aromatic rings. The Hall–Kier alpha value is -2.63. The number of likely N-dealkylation sites (tertiary alicyclic amines) is 1. The second kappa shape index (κ2) is 6.35. The van der Waals surface area contributed by atoms with E-state index in [1.807, 2.05) is 35.1 Å². The number of carbonyl (C=O) groups is 2. The lowest BCUT2D eigenvalue weighted by atomic mass is 10.1. The topological polar surface area (TPSA) is 58.4 Å². The predicted molar refractivity (Wildman–Crippen MR) is 93.3 cm³/mol. The SMILES string of the molecule is C[C@H]1c2cccn2CCN1C(=O)c1cccc(C(=O)N2CCCC2)n1. The lowest BCUT2D eigenvalue weighted by Crippen LogP contribution is -2.41. The predicted octanol–water partition coefficient (Wildman–Crippen LogP) is 2.34. The number of carbonyl (C=O) groups excluding carboxylic acids is 2. The van der Waals surface area contributed by atoms with Crippen LogP contribution in [0.5, 0.6) is 0 Å². The Labute approximate surface area is 147 Å². The molecule has 1 saturated heterocycles. The van der Waals surface area contributed by atoms with E-state index in [2.05, 4.69) is 9.55 Å². The fourth-order valence-electron chi connectivity index (χ4n) is 3.76. The summed E-state index contributed by atoms with van der Waals surface area (Å²) in [6.07, 6.45) is 4.12. The van der Waals surface area contributed by atoms with Gasteiger partial charge in [0.15, 0.2) is 0 Å². The van der Waals surface area contributed by atoms with Crippen LogP contribution in [0.1, 0.15) is 52.5 Å². The summed E-state index contributed by atoms with van der Waals surface area (Å²) in [5.74, 6) is -0.191. The molecule has 4 heterocycles. The maximum Gasteiger partial charge on any atom is 0.273 e. The molecule has 0 bridgehead atoms. The van der Waals surface area contributed by atoms with Crippen molar-refractivity contribution >= 4 is 11.8 Å². The molecule has 0 radical (unpaired) electrons. The highest BCUT2D eigenvalue weighted by Crippen LogP contribution is 2.26. The van der Waals surface area contributed by atoms with E-state index in [4.69, 9.17) is 0 Å². The largest absolute Gasteiger partial charge is 0.348 e. The van der Waals surface area contributed by atoms with Crippen molar-refractivity contribution in [3.8, 4) is 0 Å². The number of hydrogen-bond acceptors (Lipinski definition) is 3. The van der Waals surface area contributed by atoms with Crippen molar-refractivity contribution in [2.45, 2.75) is 32.4 Å². The average molecular weight is 338 g/mol. The summed E-state index contributed by atoms with van der Waals surface area (Å²) in [5, 5.41) is 0. The van der Waals surface area contributed by atoms with Gasteiger partial charge in [-0.1, -0.05) is 6.07 Å². The van der Waals surface area contributed by atoms with E-state index in [9.17, 15) is 9.59 Å². The van der Waals surface area contributed by atoms with Gasteiger partial charge in [-0.15, -0.1) is 0 Å². The summed E-state index contributed by atoms with van der Waals surface area (Å²) in [4.78, 5) is 33.5. The molecule has 1 atom stereocenters. The standard InChI is InChI=1S/C19H22N4O2/c1-14-17-8-5-11-21(17)12-13-23(14)19(25)16-7-4-6-15(20-16)18(24)22-9-2-3-10-22/h4-8,11,14H,2-3,9-10,12-13H2,1H3/t14-/m0/s1. The minimum absolute atomic E-state index is 0.00371. The Morgan fingerprint density at radius 1 is 0.960 bits per heavy atom. The first-order chi connectivity index (χ1) is 12.1. The Kier molecular flexibility index (Phi) is 4.03. The van der Waals surface area contributed by atoms with E-state index in [1.54, 1.807) is 18.2 Å². The Balaban J connectivity index is 1.56. The second-order valence-corrected chi connectivity index (χ2v) is 6.71. The lowest BCUT2D eigenvalue weighted by molar-refractivity contribution is 0.0637. The summed E-state index contributed by atoms with van der Waals surface area (Å²) in [6.45, 7) is 5.01. The van der Waals surface area contributed by atoms with Crippen molar-refractivity contribution in [1.82, 2.24) is 19.4 Å². The van der Waals surface area contributed by atoms with Gasteiger partial charge in [-0.3, -0.25) is 9.59 Å². The van der Waals surface area contributed by atoms with E-state index >= 15 is 0 Å². The minimum Gasteiger partial charge on any atom is -0.348 e. The van der Waals surface area contributed by atoms with Gasteiger partial charge in [-0.2, -0.15) is 0 Å². The molecule has 2 aliphatic heterocycles. The van der Waals surface area contributed by atoms with Crippen molar-refractivity contribution in [3.63, 3.8) is 0 Å². The zero-order valence-corrected chi connectivity index (χ0v) is 14.4. The molecule has 6 heteroatoms. The molecule has 0 saturated carbocycles. The maximum absolute atomic E-state index is 13.0. The normalized spacial score (nSPS) is 19.8. The van der Waals surface area contributed by atoms with Crippen molar-refractivity contribution in [1.29, 1.82) is 0 Å². The molecule has 0 spiro atoms. The van der Waals surface area contributed by atoms with E-state index in [0.29, 0.717) is 17.9 Å². The number of rotatable bonds is 2. The van der Waals surface area contributed by atoms with Gasteiger partial charge in [-0.05, 0) is 44.0 Å². The Bertz CT molecular complexity index is 807. The van der Waals surface area contributed by atoms with E-state index in [1.165, 1.54) is 0 Å². The molecule has 1 fully saturated rings. The lowest BCUT2D eigenvalue weighted by Gasteiger charge is -2.34. The first kappa shape index (κ1) is 15.9. The monoisotopic (exact) mass is 338 g/mol. The summed E-state index contributed by atoms with van der Waals surface area (Å²) in [5.41, 5.74) is 1.83. The van der Waals surface area contributed by atoms with Crippen LogP contribution in [0.4, 0.5) is 0 Å². The molecule has 0 aliphatic carbocycles. The van der Waals surface area contributed by atoms with Crippen LogP contribution in [0.2, 0.25) is 0 Å². The molecule has 6 nitrogen and oxygen atoms in total. The van der Waals surface area contributed by atoms with Gasteiger partial charge in [0.2, 0.25) is 0 Å². The van der Waals surface area contributed by atoms with Crippen molar-refractivity contribution in [3.05, 3.63) is 53.6 Å². The highest BCUT2D eigenvalue weighted by Gasteiger charge is 2.29. The van der Waals surface area contributed by atoms with Gasteiger partial charge in [0, 0.05) is 38.1 Å². The van der Waals surface area contributed by atoms with E-state index in [-0.39, 0.29) is 17.9 Å². The number of amides is 2. The fourth-order valence-corrected chi connectivity index (χ4v) is 3.76. The number of hydrogen-bond donors (Lipinski definition) is 0. The third kappa shape index (κ3) is 2.81. The Morgan fingerprint density at radius 3 is 2.44 bits per heavy atom. The third-order valence-electron chi connectivity index (χ3n) is 5.18. The average Bonchev–Trinajstić information content (AvgIpc) is 3.33. The van der Waals surface area contributed by atoms with Crippen molar-refractivity contribution in [2.24, 2.45) is 0 Å². The van der Waals surface area contributed by atoms with Gasteiger partial charge in [0.05, 0.1) is 6.04 Å². The summed E-state index contributed by atoms with van der Waals surface area (Å²) >= 11 is 0. The molecule has 2 aromatic heterocycles. The number of pyridine rings is 1. The van der Waals surface area contributed by atoms with Crippen LogP contribution in [-0.2, 0) is 6.54 Å². The van der Waals surface area contributed by atoms with Crippen molar-refractivity contribution in [2.75, 3.05) is 19.6 Å². The van der Waals surface area contributed by atoms with E-state index in [0.717, 1.165) is 38.2 Å². The van der Waals surface area contributed by atoms with Gasteiger partial charge < -0.3 is 14.4 Å². The van der Waals surface area contributed by atoms with Crippen LogP contribution in [0, 0.1) is 0 Å². The van der Waals surface area contributed by atoms with Crippen LogP contribution in [0.25, 0.3) is 0 Å². The number of nitrogens with zero attached hydrogens (tertiary/aromatic N) is 4. The highest BCUT2D eigenvalue weighted by atomic mass is 16.2. The first-order valence-electron chi connectivity index (χ1n) is 8.87. The van der Waals surface area contributed by atoms with Gasteiger partial charge in [-0.25, -0.2) is 4.98 Å². The summed E-state index contributed by atoms with van der Waals surface area (Å²) in [6, 6.07) is 9.20. The molecule has 4 rings (SSSR count). The quantitative estimate of drug-likeness (QED) is 0.844. The zero-order valence-electron chi connectivity index (χ0n) is 14.4. The molecule has 130 valence electrons. The molecule has 2 amide bonds. The number of fused-ring (bicyclic) bond motifs is 1. The van der Waals surface area contributed by atoms with Crippen LogP contribution >= 0.6 is 0 Å². The first-order valence-corrected chi connectivity index (χ1v) is 8.87. The van der Waals surface area contributed by atoms with Crippen LogP contribution in [-0.4, -0.2) is 50.8 Å². The molecule has 0 N–H and O–H groups in total. The molecule has 25 heavy (non-hydrogen) atoms. The summed E-state index contributed by atoms with van der Waals surface area (Å²) in [7, 11) is 0. The van der Waals surface area contributed by atoms with Crippen LogP contribution in [0.3, 0.4) is 0 Å². The molecule has 2 aliphatic rings. The van der Waals surface area contributed by atoms with Crippen molar-refractivity contribution < 1.29 is 9.59 Å². The highest BCUT2D eigenvalue weighted by molar-refractivity contribution is 5.96. The molecule has 0 unspecified atom stereocenters. The zero-order chi connectivity index (χ0) is 17.4. The minimum atomic E-state index is -0.115. The Morgan fingerprint density at radius 2 is 1.68 bits per heavy atom. The fraction of sp³-hybridized carbons (Fsp3) is 0.421. The maximum atomic E-state index is 13.0. The molecule has 0 aromatic carbocycles. The van der Waals surface area contributed by atoms with E-state index < -0.39 is 0 Å². The van der Waals surface area contributed by atoms with Gasteiger partial charge in [0.25, 0.3) is 11.8 Å². The smallest absolute Gasteiger partial charge is 0.273 e. The van der Waals surface area contributed by atoms with Gasteiger partial charge in [0.1, 0.15) is 11.4 Å². The molecular weight excluding hydrogens is 316 g/mol. The van der Waals surface area contributed by atoms with Gasteiger partial charge >= 0.3 is 0 Å². The van der Waals surface area contributed by atoms with Crippen LogP contribution < -0.4 is 0 Å². The number of aromatic nitrogens is 2. The molecular formula is C19H22N4O2. The second-order valence-electron chi connectivity index (χ2n) is 6.71. The third-order valence-corrected chi connectivity index (χ3v) is 5.18. The summed E-state index contributed by atoms with van der Waals surface area (Å²) < 4.78 is 2.18. The van der Waals surface area contributed by atoms with Crippen LogP contribution in [0.15, 0.2) is 36.5 Å².